The van der Waals surface area contributed by atoms with Crippen LogP contribution in [-0.2, 0) is 6.18 Å². The van der Waals surface area contributed by atoms with E-state index in [2.05, 4.69) is 5.32 Å². The van der Waals surface area contributed by atoms with Gasteiger partial charge in [-0.15, -0.1) is 0 Å². The van der Waals surface area contributed by atoms with Crippen molar-refractivity contribution in [2.45, 2.75) is 13.1 Å². The van der Waals surface area contributed by atoms with Gasteiger partial charge in [-0.1, -0.05) is 18.2 Å². The molecule has 0 saturated heterocycles. The number of hydrogen-bond donors (Lipinski definition) is 2. The first-order chi connectivity index (χ1) is 9.80. The molecule has 0 atom stereocenters. The van der Waals surface area contributed by atoms with Gasteiger partial charge in [-0.05, 0) is 36.8 Å². The van der Waals surface area contributed by atoms with Crippen LogP contribution in [0.4, 0.5) is 24.5 Å². The molecule has 2 aromatic carbocycles. The standard InChI is InChI=1S/C15H13F3N2O/c1-9-11(15(16,17)18)6-4-8-13(9)20-14(21)10-5-2-3-7-12(10)19/h2-8H,19H2,1H3,(H,20,21). The minimum atomic E-state index is -4.46. The molecule has 0 fully saturated rings. The number of hydrogen-bond acceptors (Lipinski definition) is 2. The summed E-state index contributed by atoms with van der Waals surface area (Å²) in [7, 11) is 0. The van der Waals surface area contributed by atoms with E-state index in [0.29, 0.717) is 0 Å². The Morgan fingerprint density at radius 1 is 1.10 bits per heavy atom. The number of rotatable bonds is 2. The Kier molecular flexibility index (Phi) is 3.88. The van der Waals surface area contributed by atoms with E-state index >= 15 is 0 Å². The number of anilines is 2. The Balaban J connectivity index is 2.33. The molecule has 2 aromatic rings. The first kappa shape index (κ1) is 14.9. The molecule has 2 rings (SSSR count). The van der Waals surface area contributed by atoms with E-state index in [4.69, 9.17) is 5.73 Å². The lowest BCUT2D eigenvalue weighted by atomic mass is 10.1. The second kappa shape index (κ2) is 5.47. The van der Waals surface area contributed by atoms with Gasteiger partial charge in [-0.25, -0.2) is 0 Å². The highest BCUT2D eigenvalue weighted by Gasteiger charge is 2.33. The molecule has 3 N–H and O–H groups in total. The third kappa shape index (κ3) is 3.16. The monoisotopic (exact) mass is 294 g/mol. The molecule has 0 radical (unpaired) electrons. The van der Waals surface area contributed by atoms with Crippen LogP contribution in [0, 0.1) is 6.92 Å². The summed E-state index contributed by atoms with van der Waals surface area (Å²) in [5.41, 5.74) is 5.45. The quantitative estimate of drug-likeness (QED) is 0.827. The SMILES string of the molecule is Cc1c(NC(=O)c2ccccc2N)cccc1C(F)(F)F. The smallest absolute Gasteiger partial charge is 0.398 e. The zero-order chi connectivity index (χ0) is 15.6. The van der Waals surface area contributed by atoms with Gasteiger partial charge in [0, 0.05) is 11.4 Å². The predicted octanol–water partition coefficient (Wildman–Crippen LogP) is 3.85. The number of carbonyl (C=O) groups is 1. The number of para-hydroxylation sites is 1. The summed E-state index contributed by atoms with van der Waals surface area (Å²) in [4.78, 5) is 12.1. The molecule has 110 valence electrons. The normalized spacial score (nSPS) is 11.2. The highest BCUT2D eigenvalue weighted by Crippen LogP contribution is 2.34. The van der Waals surface area contributed by atoms with Gasteiger partial charge in [0.25, 0.3) is 5.91 Å². The molecule has 0 aliphatic rings. The summed E-state index contributed by atoms with van der Waals surface area (Å²) in [6.07, 6.45) is -4.46. The van der Waals surface area contributed by atoms with Crippen LogP contribution in [0.2, 0.25) is 0 Å². The van der Waals surface area contributed by atoms with Crippen molar-refractivity contribution in [1.82, 2.24) is 0 Å². The number of nitrogen functional groups attached to an aromatic ring is 1. The molecular formula is C15H13F3N2O. The van der Waals surface area contributed by atoms with Gasteiger partial charge in [0.15, 0.2) is 0 Å². The zero-order valence-corrected chi connectivity index (χ0v) is 11.2. The fourth-order valence-corrected chi connectivity index (χ4v) is 1.97. The van der Waals surface area contributed by atoms with E-state index in [1.165, 1.54) is 25.1 Å². The Hall–Kier alpha value is -2.50. The number of carbonyl (C=O) groups excluding carboxylic acids is 1. The van der Waals surface area contributed by atoms with Crippen molar-refractivity contribution in [1.29, 1.82) is 0 Å². The molecule has 6 heteroatoms. The topological polar surface area (TPSA) is 55.1 Å². The van der Waals surface area contributed by atoms with Crippen molar-refractivity contribution in [2.75, 3.05) is 11.1 Å². The minimum Gasteiger partial charge on any atom is -0.398 e. The maximum Gasteiger partial charge on any atom is 0.416 e. The Labute approximate surface area is 119 Å². The highest BCUT2D eigenvalue weighted by molar-refractivity contribution is 6.08. The van der Waals surface area contributed by atoms with E-state index < -0.39 is 17.6 Å². The van der Waals surface area contributed by atoms with E-state index in [-0.39, 0.29) is 22.5 Å². The number of halogens is 3. The summed E-state index contributed by atoms with van der Waals surface area (Å²) >= 11 is 0. The number of benzene rings is 2. The molecule has 1 amide bonds. The van der Waals surface area contributed by atoms with Gasteiger partial charge >= 0.3 is 6.18 Å². The van der Waals surface area contributed by atoms with Gasteiger partial charge in [0.2, 0.25) is 0 Å². The van der Waals surface area contributed by atoms with Crippen LogP contribution in [0.5, 0.6) is 0 Å². The molecule has 0 aliphatic carbocycles. The largest absolute Gasteiger partial charge is 0.416 e. The maximum absolute atomic E-state index is 12.8. The lowest BCUT2D eigenvalue weighted by Gasteiger charge is -2.15. The minimum absolute atomic E-state index is 0.0344. The third-order valence-electron chi connectivity index (χ3n) is 3.09. The lowest BCUT2D eigenvalue weighted by Crippen LogP contribution is -2.16. The average molecular weight is 294 g/mol. The van der Waals surface area contributed by atoms with Crippen LogP contribution < -0.4 is 11.1 Å². The van der Waals surface area contributed by atoms with Crippen LogP contribution in [0.15, 0.2) is 42.5 Å². The summed E-state index contributed by atoms with van der Waals surface area (Å²) in [5.74, 6) is -0.546. The average Bonchev–Trinajstić information content (AvgIpc) is 2.40. The summed E-state index contributed by atoms with van der Waals surface area (Å²) < 4.78 is 38.5. The number of amides is 1. The van der Waals surface area contributed by atoms with Gasteiger partial charge < -0.3 is 11.1 Å². The molecule has 0 aliphatic heterocycles. The van der Waals surface area contributed by atoms with Crippen LogP contribution in [0.1, 0.15) is 21.5 Å². The molecule has 0 heterocycles. The second-order valence-corrected chi connectivity index (χ2v) is 4.52. The fraction of sp³-hybridized carbons (Fsp3) is 0.133. The van der Waals surface area contributed by atoms with Crippen molar-refractivity contribution >= 4 is 17.3 Å². The fourth-order valence-electron chi connectivity index (χ4n) is 1.97. The van der Waals surface area contributed by atoms with Gasteiger partial charge in [0.1, 0.15) is 0 Å². The number of nitrogens with two attached hydrogens (primary N) is 1. The van der Waals surface area contributed by atoms with Gasteiger partial charge in [-0.2, -0.15) is 13.2 Å². The summed E-state index contributed by atoms with van der Waals surface area (Å²) in [5, 5.41) is 2.46. The zero-order valence-electron chi connectivity index (χ0n) is 11.2. The molecule has 21 heavy (non-hydrogen) atoms. The molecule has 0 bridgehead atoms. The van der Waals surface area contributed by atoms with Crippen molar-refractivity contribution < 1.29 is 18.0 Å². The molecular weight excluding hydrogens is 281 g/mol. The Morgan fingerprint density at radius 2 is 1.76 bits per heavy atom. The predicted molar refractivity (Wildman–Crippen MR) is 75.0 cm³/mol. The number of nitrogens with one attached hydrogen (secondary N) is 1. The van der Waals surface area contributed by atoms with Crippen molar-refractivity contribution in [3.8, 4) is 0 Å². The van der Waals surface area contributed by atoms with Crippen molar-refractivity contribution in [2.24, 2.45) is 0 Å². The van der Waals surface area contributed by atoms with Gasteiger partial charge in [-0.3, -0.25) is 4.79 Å². The van der Waals surface area contributed by atoms with Crippen molar-refractivity contribution in [3.63, 3.8) is 0 Å². The number of alkyl halides is 3. The molecule has 0 spiro atoms. The van der Waals surface area contributed by atoms with Crippen LogP contribution in [0.25, 0.3) is 0 Å². The van der Waals surface area contributed by atoms with Gasteiger partial charge in [0.05, 0.1) is 11.1 Å². The van der Waals surface area contributed by atoms with E-state index in [9.17, 15) is 18.0 Å². The Bertz CT molecular complexity index is 681. The summed E-state index contributed by atoms with van der Waals surface area (Å²) in [6, 6.07) is 10.00. The molecule has 0 aromatic heterocycles. The van der Waals surface area contributed by atoms with Crippen molar-refractivity contribution in [3.05, 3.63) is 59.2 Å². The maximum atomic E-state index is 12.8. The Morgan fingerprint density at radius 3 is 2.38 bits per heavy atom. The highest BCUT2D eigenvalue weighted by atomic mass is 19.4. The third-order valence-corrected chi connectivity index (χ3v) is 3.09. The lowest BCUT2D eigenvalue weighted by molar-refractivity contribution is -0.138. The molecule has 0 unspecified atom stereocenters. The van der Waals surface area contributed by atoms with E-state index in [1.54, 1.807) is 18.2 Å². The van der Waals surface area contributed by atoms with Crippen LogP contribution >= 0.6 is 0 Å². The van der Waals surface area contributed by atoms with Crippen LogP contribution in [0.3, 0.4) is 0 Å². The first-order valence-electron chi connectivity index (χ1n) is 6.13. The summed E-state index contributed by atoms with van der Waals surface area (Å²) in [6.45, 7) is 1.31. The van der Waals surface area contributed by atoms with E-state index in [1.807, 2.05) is 0 Å². The van der Waals surface area contributed by atoms with E-state index in [0.717, 1.165) is 6.07 Å². The molecule has 0 saturated carbocycles. The second-order valence-electron chi connectivity index (χ2n) is 4.52. The first-order valence-corrected chi connectivity index (χ1v) is 6.13. The molecule has 3 nitrogen and oxygen atoms in total. The van der Waals surface area contributed by atoms with Crippen LogP contribution in [-0.4, -0.2) is 5.91 Å².